The number of hydrogen-bond acceptors (Lipinski definition) is 2. The van der Waals surface area contributed by atoms with Gasteiger partial charge in [-0.3, -0.25) is 4.79 Å². The van der Waals surface area contributed by atoms with Gasteiger partial charge in [-0.05, 0) is 18.8 Å². The molecule has 1 aliphatic carbocycles. The zero-order valence-corrected chi connectivity index (χ0v) is 7.53. The van der Waals surface area contributed by atoms with Gasteiger partial charge in [0.25, 0.3) is 0 Å². The average Bonchev–Trinajstić information content (AvgIpc) is 1.99. The summed E-state index contributed by atoms with van der Waals surface area (Å²) in [7, 11) is 0. The largest absolute Gasteiger partial charge is 0.480 e. The number of rotatable bonds is 6. The molecule has 0 aromatic rings. The van der Waals surface area contributed by atoms with Crippen molar-refractivity contribution in [2.75, 3.05) is 0 Å². The highest BCUT2D eigenvalue weighted by Gasteiger charge is 2.22. The molecule has 0 bridgehead atoms. The summed E-state index contributed by atoms with van der Waals surface area (Å²) in [6.07, 6.45) is 5.63. The smallest absolute Gasteiger partial charge is 0.326 e. The standard InChI is InChI=1S/C9H15NO3/c11-6-10-8(9(12)13)5-4-7-2-1-3-7/h6-8H,1-5H2,(H,10,11)(H,12,13). The summed E-state index contributed by atoms with van der Waals surface area (Å²) in [4.78, 5) is 20.7. The summed E-state index contributed by atoms with van der Waals surface area (Å²) in [6.45, 7) is 0. The van der Waals surface area contributed by atoms with Gasteiger partial charge in [-0.15, -0.1) is 0 Å². The van der Waals surface area contributed by atoms with Crippen molar-refractivity contribution in [1.29, 1.82) is 0 Å². The third-order valence-electron chi connectivity index (χ3n) is 2.66. The number of amides is 1. The minimum Gasteiger partial charge on any atom is -0.480 e. The Hall–Kier alpha value is -1.06. The van der Waals surface area contributed by atoms with Crippen LogP contribution in [0.5, 0.6) is 0 Å². The summed E-state index contributed by atoms with van der Waals surface area (Å²) in [5, 5.41) is 11.0. The second kappa shape index (κ2) is 4.84. The van der Waals surface area contributed by atoms with Crippen LogP contribution in [0.1, 0.15) is 32.1 Å². The molecule has 13 heavy (non-hydrogen) atoms. The van der Waals surface area contributed by atoms with E-state index in [1.165, 1.54) is 19.3 Å². The van der Waals surface area contributed by atoms with Gasteiger partial charge in [-0.1, -0.05) is 19.3 Å². The first-order valence-electron chi connectivity index (χ1n) is 4.66. The van der Waals surface area contributed by atoms with E-state index in [2.05, 4.69) is 5.32 Å². The second-order valence-electron chi connectivity index (χ2n) is 3.55. The molecule has 1 unspecified atom stereocenters. The van der Waals surface area contributed by atoms with E-state index in [-0.39, 0.29) is 0 Å². The quantitative estimate of drug-likeness (QED) is 0.600. The van der Waals surface area contributed by atoms with Crippen molar-refractivity contribution in [3.63, 3.8) is 0 Å². The maximum atomic E-state index is 10.6. The van der Waals surface area contributed by atoms with Gasteiger partial charge in [0.15, 0.2) is 0 Å². The monoisotopic (exact) mass is 185 g/mol. The van der Waals surface area contributed by atoms with Crippen LogP contribution in [0.25, 0.3) is 0 Å². The van der Waals surface area contributed by atoms with E-state index in [1.54, 1.807) is 0 Å². The lowest BCUT2D eigenvalue weighted by Gasteiger charge is -2.26. The molecule has 1 rings (SSSR count). The van der Waals surface area contributed by atoms with Crippen LogP contribution >= 0.6 is 0 Å². The number of carbonyl (C=O) groups is 2. The highest BCUT2D eigenvalue weighted by Crippen LogP contribution is 2.30. The number of hydrogen-bond donors (Lipinski definition) is 2. The predicted molar refractivity (Wildman–Crippen MR) is 47.2 cm³/mol. The van der Waals surface area contributed by atoms with Gasteiger partial charge in [0.05, 0.1) is 0 Å². The first-order valence-corrected chi connectivity index (χ1v) is 4.66. The first-order chi connectivity index (χ1) is 6.24. The summed E-state index contributed by atoms with van der Waals surface area (Å²) in [5.74, 6) is -0.248. The number of aliphatic carboxylic acids is 1. The lowest BCUT2D eigenvalue weighted by molar-refractivity contribution is -0.140. The molecule has 1 fully saturated rings. The van der Waals surface area contributed by atoms with Gasteiger partial charge in [-0.25, -0.2) is 4.79 Å². The molecule has 0 aliphatic heterocycles. The molecule has 0 aromatic carbocycles. The molecule has 1 amide bonds. The fourth-order valence-corrected chi connectivity index (χ4v) is 1.54. The molecule has 4 heteroatoms. The molecule has 74 valence electrons. The van der Waals surface area contributed by atoms with Crippen LogP contribution in [0.3, 0.4) is 0 Å². The summed E-state index contributed by atoms with van der Waals surface area (Å²) < 4.78 is 0. The van der Waals surface area contributed by atoms with Crippen LogP contribution < -0.4 is 5.32 Å². The summed E-state index contributed by atoms with van der Waals surface area (Å²) >= 11 is 0. The van der Waals surface area contributed by atoms with E-state index in [4.69, 9.17) is 5.11 Å². The van der Waals surface area contributed by atoms with Gasteiger partial charge >= 0.3 is 5.97 Å². The Bertz CT molecular complexity index is 189. The topological polar surface area (TPSA) is 66.4 Å². The van der Waals surface area contributed by atoms with E-state index in [9.17, 15) is 9.59 Å². The lowest BCUT2D eigenvalue weighted by atomic mass is 9.81. The molecule has 4 nitrogen and oxygen atoms in total. The van der Waals surface area contributed by atoms with E-state index < -0.39 is 12.0 Å². The molecular weight excluding hydrogens is 170 g/mol. The van der Waals surface area contributed by atoms with Crippen molar-refractivity contribution in [3.8, 4) is 0 Å². The normalized spacial score (nSPS) is 18.8. The van der Waals surface area contributed by atoms with Gasteiger partial charge in [0.1, 0.15) is 6.04 Å². The third-order valence-corrected chi connectivity index (χ3v) is 2.66. The van der Waals surface area contributed by atoms with E-state index in [0.717, 1.165) is 6.42 Å². The van der Waals surface area contributed by atoms with E-state index in [1.807, 2.05) is 0 Å². The minimum absolute atomic E-state index is 0.458. The Balaban J connectivity index is 2.20. The highest BCUT2D eigenvalue weighted by molar-refractivity contribution is 5.76. The van der Waals surface area contributed by atoms with Crippen LogP contribution in [0, 0.1) is 5.92 Å². The van der Waals surface area contributed by atoms with Crippen LogP contribution in [0.2, 0.25) is 0 Å². The van der Waals surface area contributed by atoms with Crippen molar-refractivity contribution in [2.45, 2.75) is 38.1 Å². The number of carbonyl (C=O) groups excluding carboxylic acids is 1. The van der Waals surface area contributed by atoms with Crippen molar-refractivity contribution in [3.05, 3.63) is 0 Å². The van der Waals surface area contributed by atoms with Crippen LogP contribution in [-0.4, -0.2) is 23.5 Å². The summed E-state index contributed by atoms with van der Waals surface area (Å²) in [5.41, 5.74) is 0. The number of carboxylic acid groups (broad SMARTS) is 1. The van der Waals surface area contributed by atoms with Crippen LogP contribution in [0.4, 0.5) is 0 Å². The first kappa shape index (κ1) is 10.0. The van der Waals surface area contributed by atoms with Crippen LogP contribution in [0.15, 0.2) is 0 Å². The SMILES string of the molecule is O=CNC(CCC1CCC1)C(=O)O. The zero-order chi connectivity index (χ0) is 9.68. The summed E-state index contributed by atoms with van der Waals surface area (Å²) in [6, 6.07) is -0.696. The fourth-order valence-electron chi connectivity index (χ4n) is 1.54. The van der Waals surface area contributed by atoms with E-state index in [0.29, 0.717) is 18.7 Å². The number of nitrogens with one attached hydrogen (secondary N) is 1. The van der Waals surface area contributed by atoms with Gasteiger partial charge in [0.2, 0.25) is 6.41 Å². The Morgan fingerprint density at radius 2 is 2.31 bits per heavy atom. The van der Waals surface area contributed by atoms with Gasteiger partial charge in [-0.2, -0.15) is 0 Å². The Morgan fingerprint density at radius 1 is 1.62 bits per heavy atom. The average molecular weight is 185 g/mol. The molecule has 0 heterocycles. The highest BCUT2D eigenvalue weighted by atomic mass is 16.4. The predicted octanol–water partition coefficient (Wildman–Crippen LogP) is 0.766. The van der Waals surface area contributed by atoms with E-state index >= 15 is 0 Å². The molecule has 1 aliphatic rings. The van der Waals surface area contributed by atoms with Gasteiger partial charge < -0.3 is 10.4 Å². The molecule has 0 aromatic heterocycles. The van der Waals surface area contributed by atoms with Crippen molar-refractivity contribution >= 4 is 12.4 Å². The van der Waals surface area contributed by atoms with Crippen molar-refractivity contribution in [2.24, 2.45) is 5.92 Å². The minimum atomic E-state index is -0.938. The number of carboxylic acids is 1. The molecule has 2 N–H and O–H groups in total. The zero-order valence-electron chi connectivity index (χ0n) is 7.53. The molecule has 1 saturated carbocycles. The Labute approximate surface area is 77.3 Å². The molecule has 1 atom stereocenters. The molecule has 0 saturated heterocycles. The van der Waals surface area contributed by atoms with Crippen molar-refractivity contribution < 1.29 is 14.7 Å². The molecular formula is C9H15NO3. The maximum absolute atomic E-state index is 10.6. The Kier molecular flexibility index (Phi) is 3.73. The molecule has 0 radical (unpaired) electrons. The third kappa shape index (κ3) is 3.05. The van der Waals surface area contributed by atoms with Gasteiger partial charge in [0, 0.05) is 0 Å². The Morgan fingerprint density at radius 3 is 2.69 bits per heavy atom. The van der Waals surface area contributed by atoms with Crippen molar-refractivity contribution in [1.82, 2.24) is 5.32 Å². The van der Waals surface area contributed by atoms with Crippen LogP contribution in [-0.2, 0) is 9.59 Å². The fraction of sp³-hybridized carbons (Fsp3) is 0.778. The lowest BCUT2D eigenvalue weighted by Crippen LogP contribution is -2.36. The maximum Gasteiger partial charge on any atom is 0.326 e. The second-order valence-corrected chi connectivity index (χ2v) is 3.55. The molecule has 0 spiro atoms.